The molecule has 0 aliphatic rings. The predicted molar refractivity (Wildman–Crippen MR) is 128 cm³/mol. The summed E-state index contributed by atoms with van der Waals surface area (Å²) in [6, 6.07) is 17.8. The maximum absolute atomic E-state index is 12.6. The molecule has 10 heteroatoms. The fraction of sp³-hybridized carbons (Fsp3) is 0.0417. The molecule has 3 N–H and O–H groups in total. The first-order chi connectivity index (χ1) is 16.1. The van der Waals surface area contributed by atoms with Gasteiger partial charge in [0.1, 0.15) is 11.8 Å². The Labute approximate surface area is 201 Å². The Kier molecular flexibility index (Phi) is 7.36. The maximum atomic E-state index is 12.6. The first-order valence-electron chi connectivity index (χ1n) is 9.75. The Bertz CT molecular complexity index is 1430. The molecule has 0 radical (unpaired) electrons. The van der Waals surface area contributed by atoms with Crippen LogP contribution in [0.3, 0.4) is 0 Å². The van der Waals surface area contributed by atoms with Gasteiger partial charge in [-0.15, -0.1) is 0 Å². The number of hydrogen-bond donors (Lipinski definition) is 3. The molecule has 0 aromatic heterocycles. The third kappa shape index (κ3) is 5.61. The molecule has 3 aromatic rings. The lowest BCUT2D eigenvalue weighted by Crippen LogP contribution is -2.14. The molecule has 0 saturated carbocycles. The number of phenolic OH excluding ortho intramolecular Hbond substituents is 1. The quantitative estimate of drug-likeness (QED) is 0.263. The van der Waals surface area contributed by atoms with E-state index in [9.17, 15) is 28.4 Å². The molecule has 0 unspecified atom stereocenters. The van der Waals surface area contributed by atoms with Crippen molar-refractivity contribution < 1.29 is 23.1 Å². The number of nitrogens with zero attached hydrogens (tertiary/aromatic N) is 1. The average Bonchev–Trinajstić information content (AvgIpc) is 2.81. The van der Waals surface area contributed by atoms with Gasteiger partial charge in [-0.3, -0.25) is 9.59 Å². The Morgan fingerprint density at radius 2 is 1.65 bits per heavy atom. The van der Waals surface area contributed by atoms with Crippen molar-refractivity contribution in [3.05, 3.63) is 93.9 Å². The topological polar surface area (TPSA) is 136 Å². The molecule has 0 spiro atoms. The predicted octanol–water partition coefficient (Wildman–Crippen LogP) is 4.43. The van der Waals surface area contributed by atoms with E-state index in [0.29, 0.717) is 11.6 Å². The van der Waals surface area contributed by atoms with Crippen molar-refractivity contribution in [1.29, 1.82) is 5.26 Å². The number of carbonyl (C=O) groups is 2. The summed E-state index contributed by atoms with van der Waals surface area (Å²) in [5, 5.41) is 24.4. The van der Waals surface area contributed by atoms with Crippen molar-refractivity contribution >= 4 is 44.6 Å². The molecular formula is C24H18ClN3O5S. The standard InChI is InChI=1S/C24H18ClN3O5S/c1-15-7-9-16(10-8-15)24(31)28-21-12-19(25)20(13-22(21)29)27-23(30)11-18(14-26)34(32,33)17-5-3-2-4-6-17/h2-13,29H,1H3,(H,27,30)(H,28,31)/b18-11+. The number of rotatable bonds is 6. The molecule has 0 aliphatic carbocycles. The summed E-state index contributed by atoms with van der Waals surface area (Å²) in [6.45, 7) is 1.88. The van der Waals surface area contributed by atoms with Crippen molar-refractivity contribution in [2.45, 2.75) is 11.8 Å². The summed E-state index contributed by atoms with van der Waals surface area (Å²) in [5.74, 6) is -1.81. The number of nitrogens with one attached hydrogen (secondary N) is 2. The molecule has 3 rings (SSSR count). The molecule has 34 heavy (non-hydrogen) atoms. The van der Waals surface area contributed by atoms with E-state index < -0.39 is 26.6 Å². The summed E-state index contributed by atoms with van der Waals surface area (Å²) in [7, 11) is -4.20. The van der Waals surface area contributed by atoms with Crippen LogP contribution in [-0.4, -0.2) is 25.3 Å². The number of amides is 2. The Hall–Kier alpha value is -4.13. The minimum Gasteiger partial charge on any atom is -0.506 e. The lowest BCUT2D eigenvalue weighted by atomic mass is 10.1. The lowest BCUT2D eigenvalue weighted by Gasteiger charge is -2.12. The second kappa shape index (κ2) is 10.2. The van der Waals surface area contributed by atoms with E-state index >= 15 is 0 Å². The molecule has 0 atom stereocenters. The highest BCUT2D eigenvalue weighted by atomic mass is 35.5. The summed E-state index contributed by atoms with van der Waals surface area (Å²) < 4.78 is 25.2. The summed E-state index contributed by atoms with van der Waals surface area (Å²) in [5.41, 5.74) is 1.30. The van der Waals surface area contributed by atoms with Crippen LogP contribution in [0.5, 0.6) is 5.75 Å². The van der Waals surface area contributed by atoms with Crippen molar-refractivity contribution in [2.24, 2.45) is 0 Å². The van der Waals surface area contributed by atoms with E-state index in [1.165, 1.54) is 36.4 Å². The number of halogens is 1. The van der Waals surface area contributed by atoms with Gasteiger partial charge in [-0.2, -0.15) is 5.26 Å². The smallest absolute Gasteiger partial charge is 0.255 e. The third-order valence-electron chi connectivity index (χ3n) is 4.62. The second-order valence-corrected chi connectivity index (χ2v) is 9.42. The number of aromatic hydroxyl groups is 1. The van der Waals surface area contributed by atoms with Crippen LogP contribution in [-0.2, 0) is 14.6 Å². The Morgan fingerprint density at radius 1 is 1.00 bits per heavy atom. The fourth-order valence-electron chi connectivity index (χ4n) is 2.84. The van der Waals surface area contributed by atoms with Crippen LogP contribution in [0.4, 0.5) is 11.4 Å². The molecule has 172 valence electrons. The van der Waals surface area contributed by atoms with Gasteiger partial charge in [-0.1, -0.05) is 47.5 Å². The van der Waals surface area contributed by atoms with Gasteiger partial charge in [0.15, 0.2) is 4.91 Å². The van der Waals surface area contributed by atoms with E-state index in [-0.39, 0.29) is 27.0 Å². The first kappa shape index (κ1) is 24.5. The molecule has 0 heterocycles. The second-order valence-electron chi connectivity index (χ2n) is 7.10. The van der Waals surface area contributed by atoms with Gasteiger partial charge in [-0.25, -0.2) is 8.42 Å². The number of carbonyl (C=O) groups excluding carboxylic acids is 2. The molecule has 0 bridgehead atoms. The van der Waals surface area contributed by atoms with Crippen molar-refractivity contribution in [3.63, 3.8) is 0 Å². The number of anilines is 2. The number of benzene rings is 3. The molecule has 2 amide bonds. The number of phenols is 1. The Morgan fingerprint density at radius 3 is 2.26 bits per heavy atom. The van der Waals surface area contributed by atoms with Crippen LogP contribution in [0.1, 0.15) is 15.9 Å². The van der Waals surface area contributed by atoms with Crippen molar-refractivity contribution in [2.75, 3.05) is 10.6 Å². The fourth-order valence-corrected chi connectivity index (χ4v) is 4.20. The zero-order valence-electron chi connectivity index (χ0n) is 17.7. The average molecular weight is 496 g/mol. The Balaban J connectivity index is 1.80. The summed E-state index contributed by atoms with van der Waals surface area (Å²) in [4.78, 5) is 23.9. The van der Waals surface area contributed by atoms with E-state index in [2.05, 4.69) is 10.6 Å². The minimum atomic E-state index is -4.20. The number of aryl methyl sites for hydroxylation is 1. The van der Waals surface area contributed by atoms with Crippen LogP contribution in [0.15, 0.2) is 82.6 Å². The highest BCUT2D eigenvalue weighted by Crippen LogP contribution is 2.34. The normalized spacial score (nSPS) is 11.4. The maximum Gasteiger partial charge on any atom is 0.255 e. The van der Waals surface area contributed by atoms with Crippen LogP contribution >= 0.6 is 11.6 Å². The SMILES string of the molecule is Cc1ccc(C(=O)Nc2cc(Cl)c(NC(=O)/C=C(\C#N)S(=O)(=O)c3ccccc3)cc2O)cc1. The molecule has 0 saturated heterocycles. The highest BCUT2D eigenvalue weighted by Gasteiger charge is 2.22. The zero-order chi connectivity index (χ0) is 24.9. The highest BCUT2D eigenvalue weighted by molar-refractivity contribution is 7.95. The molecule has 8 nitrogen and oxygen atoms in total. The van der Waals surface area contributed by atoms with Gasteiger partial charge in [0.2, 0.25) is 15.7 Å². The number of allylic oxidation sites excluding steroid dienone is 1. The van der Waals surface area contributed by atoms with Crippen molar-refractivity contribution in [3.8, 4) is 11.8 Å². The van der Waals surface area contributed by atoms with E-state index in [0.717, 1.165) is 11.6 Å². The zero-order valence-corrected chi connectivity index (χ0v) is 19.3. The van der Waals surface area contributed by atoms with Gasteiger partial charge < -0.3 is 15.7 Å². The van der Waals surface area contributed by atoms with E-state index in [4.69, 9.17) is 11.6 Å². The van der Waals surface area contributed by atoms with Gasteiger partial charge >= 0.3 is 0 Å². The number of hydrogen-bond acceptors (Lipinski definition) is 6. The van der Waals surface area contributed by atoms with Gasteiger partial charge in [0.05, 0.1) is 21.3 Å². The number of sulfone groups is 1. The van der Waals surface area contributed by atoms with Crippen molar-refractivity contribution in [1.82, 2.24) is 0 Å². The minimum absolute atomic E-state index is 0.00786. The molecule has 0 fully saturated rings. The molecule has 0 aliphatic heterocycles. The third-order valence-corrected chi connectivity index (χ3v) is 6.61. The largest absolute Gasteiger partial charge is 0.506 e. The van der Waals surface area contributed by atoms with Gasteiger partial charge in [-0.05, 0) is 37.3 Å². The summed E-state index contributed by atoms with van der Waals surface area (Å²) >= 11 is 6.17. The van der Waals surface area contributed by atoms with Crippen LogP contribution in [0, 0.1) is 18.3 Å². The first-order valence-corrected chi connectivity index (χ1v) is 11.6. The van der Waals surface area contributed by atoms with E-state index in [1.54, 1.807) is 30.3 Å². The van der Waals surface area contributed by atoms with Crippen LogP contribution < -0.4 is 10.6 Å². The number of nitriles is 1. The van der Waals surface area contributed by atoms with Crippen LogP contribution in [0.2, 0.25) is 5.02 Å². The summed E-state index contributed by atoms with van der Waals surface area (Å²) in [6.07, 6.45) is 0.628. The molecule has 3 aromatic carbocycles. The monoisotopic (exact) mass is 495 g/mol. The van der Waals surface area contributed by atoms with Gasteiger partial charge in [0.25, 0.3) is 5.91 Å². The lowest BCUT2D eigenvalue weighted by molar-refractivity contribution is -0.111. The van der Waals surface area contributed by atoms with Crippen LogP contribution in [0.25, 0.3) is 0 Å². The van der Waals surface area contributed by atoms with Gasteiger partial charge in [0, 0.05) is 17.7 Å². The molecular weight excluding hydrogens is 478 g/mol. The van der Waals surface area contributed by atoms with E-state index in [1.807, 2.05) is 6.92 Å².